The molecule has 2 saturated carbocycles. The molecular formula is C22H41N3S2. The van der Waals surface area contributed by atoms with Gasteiger partial charge in [-0.1, -0.05) is 28.5 Å². The fourth-order valence-electron chi connectivity index (χ4n) is 5.11. The van der Waals surface area contributed by atoms with Crippen molar-refractivity contribution in [2.45, 2.75) is 58.3 Å². The van der Waals surface area contributed by atoms with Crippen molar-refractivity contribution in [1.82, 2.24) is 14.7 Å². The lowest BCUT2D eigenvalue weighted by molar-refractivity contribution is 0.188. The largest absolute Gasteiger partial charge is 0.303 e. The molecule has 3 nitrogen and oxygen atoms in total. The Balaban J connectivity index is 1.09. The van der Waals surface area contributed by atoms with Crippen LogP contribution in [0.2, 0.25) is 0 Å². The second-order valence-electron chi connectivity index (χ2n) is 9.92. The molecule has 0 atom stereocenters. The van der Waals surface area contributed by atoms with Gasteiger partial charge in [0.15, 0.2) is 0 Å². The van der Waals surface area contributed by atoms with Crippen molar-refractivity contribution >= 4 is 21.6 Å². The van der Waals surface area contributed by atoms with Crippen molar-refractivity contribution < 1.29 is 0 Å². The minimum Gasteiger partial charge on any atom is -0.303 e. The third kappa shape index (κ3) is 6.28. The van der Waals surface area contributed by atoms with Gasteiger partial charge in [0.1, 0.15) is 0 Å². The van der Waals surface area contributed by atoms with E-state index in [1.165, 1.54) is 122 Å². The normalized spacial score (nSPS) is 26.9. The van der Waals surface area contributed by atoms with E-state index in [1.54, 1.807) is 0 Å². The maximum atomic E-state index is 2.74. The summed E-state index contributed by atoms with van der Waals surface area (Å²) in [6, 6.07) is 0. The molecule has 27 heavy (non-hydrogen) atoms. The molecule has 0 aromatic carbocycles. The first-order valence-corrected chi connectivity index (χ1v) is 14.1. The molecule has 4 rings (SSSR count). The first-order chi connectivity index (χ1) is 13.2. The van der Waals surface area contributed by atoms with E-state index in [-0.39, 0.29) is 0 Å². The third-order valence-corrected chi connectivity index (χ3v) is 9.97. The van der Waals surface area contributed by atoms with Crippen LogP contribution in [0.4, 0.5) is 0 Å². The van der Waals surface area contributed by atoms with Crippen LogP contribution < -0.4 is 0 Å². The molecule has 2 heterocycles. The summed E-state index contributed by atoms with van der Waals surface area (Å²) < 4.78 is 0. The number of likely N-dealkylation sites (tertiary alicyclic amines) is 2. The molecule has 0 N–H and O–H groups in total. The lowest BCUT2D eigenvalue weighted by atomic mass is 10.1. The van der Waals surface area contributed by atoms with Crippen LogP contribution in [0.3, 0.4) is 0 Å². The van der Waals surface area contributed by atoms with E-state index in [9.17, 15) is 0 Å². The van der Waals surface area contributed by atoms with Crippen molar-refractivity contribution in [3.05, 3.63) is 0 Å². The first-order valence-electron chi connectivity index (χ1n) is 11.6. The molecule has 4 fully saturated rings. The summed E-state index contributed by atoms with van der Waals surface area (Å²) in [6.07, 6.45) is 11.6. The maximum Gasteiger partial charge on any atom is 0.0165 e. The van der Waals surface area contributed by atoms with Crippen molar-refractivity contribution in [1.29, 1.82) is 0 Å². The summed E-state index contributed by atoms with van der Waals surface area (Å²) in [5.41, 5.74) is 1.35. The van der Waals surface area contributed by atoms with E-state index in [4.69, 9.17) is 0 Å². The first kappa shape index (κ1) is 20.8. The average Bonchev–Trinajstić information content (AvgIpc) is 3.44. The zero-order chi connectivity index (χ0) is 18.6. The monoisotopic (exact) mass is 411 g/mol. The molecule has 2 aliphatic carbocycles. The highest BCUT2D eigenvalue weighted by Gasteiger charge is 2.45. The number of hydrogen-bond donors (Lipinski definition) is 0. The zero-order valence-corrected chi connectivity index (χ0v) is 19.2. The van der Waals surface area contributed by atoms with Crippen molar-refractivity contribution in [2.24, 2.45) is 10.8 Å². The van der Waals surface area contributed by atoms with Gasteiger partial charge in [-0.15, -0.1) is 0 Å². The predicted octanol–water partition coefficient (Wildman–Crippen LogP) is 4.44. The molecule has 0 spiro atoms. The molecular weight excluding hydrogens is 370 g/mol. The second kappa shape index (κ2) is 9.59. The zero-order valence-electron chi connectivity index (χ0n) is 17.6. The highest BCUT2D eigenvalue weighted by molar-refractivity contribution is 8.76. The van der Waals surface area contributed by atoms with Gasteiger partial charge in [-0.05, 0) is 94.9 Å². The van der Waals surface area contributed by atoms with Gasteiger partial charge in [0.25, 0.3) is 0 Å². The molecule has 0 aromatic heterocycles. The lowest BCUT2D eigenvalue weighted by Crippen LogP contribution is -2.38. The van der Waals surface area contributed by atoms with Crippen molar-refractivity contribution in [3.8, 4) is 0 Å². The molecule has 0 unspecified atom stereocenters. The fraction of sp³-hybridized carbons (Fsp3) is 1.00. The average molecular weight is 412 g/mol. The van der Waals surface area contributed by atoms with Gasteiger partial charge in [0.2, 0.25) is 0 Å². The summed E-state index contributed by atoms with van der Waals surface area (Å²) in [5.74, 6) is 2.69. The van der Waals surface area contributed by atoms with Gasteiger partial charge in [-0.3, -0.25) is 0 Å². The summed E-state index contributed by atoms with van der Waals surface area (Å²) in [4.78, 5) is 8.21. The Labute approximate surface area is 175 Å². The van der Waals surface area contributed by atoms with Gasteiger partial charge in [0.05, 0.1) is 0 Å². The Bertz CT molecular complexity index is 452. The Morgan fingerprint density at radius 1 is 0.778 bits per heavy atom. The Hall–Kier alpha value is 0.580. The quantitative estimate of drug-likeness (QED) is 0.326. The van der Waals surface area contributed by atoms with E-state index < -0.39 is 0 Å². The summed E-state index contributed by atoms with van der Waals surface area (Å²) in [5, 5.41) is 0. The van der Waals surface area contributed by atoms with E-state index in [2.05, 4.69) is 43.2 Å². The Morgan fingerprint density at radius 2 is 1.33 bits per heavy atom. The van der Waals surface area contributed by atoms with E-state index in [0.717, 1.165) is 0 Å². The predicted molar refractivity (Wildman–Crippen MR) is 122 cm³/mol. The molecule has 0 amide bonds. The smallest absolute Gasteiger partial charge is 0.0165 e. The molecule has 2 saturated heterocycles. The van der Waals surface area contributed by atoms with Crippen LogP contribution in [0, 0.1) is 10.8 Å². The minimum absolute atomic E-state index is 0.659. The molecule has 0 radical (unpaired) electrons. The van der Waals surface area contributed by atoms with Crippen molar-refractivity contribution in [3.63, 3.8) is 0 Å². The van der Waals surface area contributed by atoms with Gasteiger partial charge >= 0.3 is 0 Å². The molecule has 0 bridgehead atoms. The Kier molecular flexibility index (Phi) is 7.40. The Morgan fingerprint density at radius 3 is 1.85 bits per heavy atom. The number of hydrogen-bond acceptors (Lipinski definition) is 5. The SMILES string of the molecule is CCN(CCSSCC1(CN2CCCC2)CC1)CC1(CN2CCCC2)CC1. The molecule has 156 valence electrons. The van der Waals surface area contributed by atoms with Crippen molar-refractivity contribution in [2.75, 3.05) is 70.4 Å². The molecule has 0 aromatic rings. The van der Waals surface area contributed by atoms with Gasteiger partial charge in [-0.2, -0.15) is 0 Å². The number of rotatable bonds is 13. The summed E-state index contributed by atoms with van der Waals surface area (Å²) in [7, 11) is 4.32. The standard InChI is InChI=1S/C22H41N3S2/c1-2-23(17-21(7-8-21)18-24-11-3-4-12-24)15-16-26-27-20-22(9-10-22)19-25-13-5-6-14-25/h2-20H2,1H3. The van der Waals surface area contributed by atoms with Crippen LogP contribution in [0.25, 0.3) is 0 Å². The second-order valence-corrected chi connectivity index (χ2v) is 12.5. The van der Waals surface area contributed by atoms with Gasteiger partial charge in [0, 0.05) is 37.7 Å². The van der Waals surface area contributed by atoms with Crippen LogP contribution >= 0.6 is 21.6 Å². The topological polar surface area (TPSA) is 9.72 Å². The number of nitrogens with zero attached hydrogens (tertiary/aromatic N) is 3. The van der Waals surface area contributed by atoms with Gasteiger partial charge < -0.3 is 14.7 Å². The fourth-order valence-corrected chi connectivity index (χ4v) is 7.85. The van der Waals surface area contributed by atoms with E-state index in [0.29, 0.717) is 10.8 Å². The van der Waals surface area contributed by atoms with Gasteiger partial charge in [-0.25, -0.2) is 0 Å². The highest BCUT2D eigenvalue weighted by atomic mass is 33.1. The van der Waals surface area contributed by atoms with E-state index in [1.807, 2.05) is 0 Å². The maximum absolute atomic E-state index is 2.74. The van der Waals surface area contributed by atoms with Crippen LogP contribution in [0.15, 0.2) is 0 Å². The lowest BCUT2D eigenvalue weighted by Gasteiger charge is -2.29. The van der Waals surface area contributed by atoms with Crippen LogP contribution in [0.1, 0.15) is 58.3 Å². The molecule has 5 heteroatoms. The molecule has 4 aliphatic rings. The van der Waals surface area contributed by atoms with Crippen LogP contribution in [-0.4, -0.2) is 85.1 Å². The minimum atomic E-state index is 0.659. The van der Waals surface area contributed by atoms with Crippen LogP contribution in [-0.2, 0) is 0 Å². The van der Waals surface area contributed by atoms with Crippen LogP contribution in [0.5, 0.6) is 0 Å². The highest BCUT2D eigenvalue weighted by Crippen LogP contribution is 2.51. The summed E-state index contributed by atoms with van der Waals surface area (Å²) >= 11 is 0. The third-order valence-electron chi connectivity index (χ3n) is 7.38. The molecule has 2 aliphatic heterocycles. The van der Waals surface area contributed by atoms with E-state index >= 15 is 0 Å². The summed E-state index contributed by atoms with van der Waals surface area (Å²) in [6.45, 7) is 14.4.